The number of rotatable bonds is 7. The normalized spacial score (nSPS) is 13.0. The van der Waals surface area contributed by atoms with Crippen molar-refractivity contribution in [3.8, 4) is 5.75 Å². The Morgan fingerprint density at radius 2 is 1.54 bits per heavy atom. The first-order valence-corrected chi connectivity index (χ1v) is 10.4. The van der Waals surface area contributed by atoms with Gasteiger partial charge in [0.2, 0.25) is 0 Å². The van der Waals surface area contributed by atoms with E-state index in [2.05, 4.69) is 0 Å². The topological polar surface area (TPSA) is 74.6 Å². The molecule has 1 unspecified atom stereocenters. The van der Waals surface area contributed by atoms with Crippen LogP contribution in [0, 0.1) is 0 Å². The highest BCUT2D eigenvalue weighted by molar-refractivity contribution is 7.91. The molecular formula is C21H22O4S. The number of sulfone groups is 1. The van der Waals surface area contributed by atoms with E-state index in [1.807, 2.05) is 30.3 Å². The van der Waals surface area contributed by atoms with Gasteiger partial charge in [0.1, 0.15) is 5.75 Å². The van der Waals surface area contributed by atoms with Gasteiger partial charge in [0.15, 0.2) is 9.84 Å². The summed E-state index contributed by atoms with van der Waals surface area (Å²) in [5, 5.41) is 21.8. The number of aliphatic hydroxyl groups is 1. The summed E-state index contributed by atoms with van der Waals surface area (Å²) in [6.45, 7) is 0. The highest BCUT2D eigenvalue weighted by Crippen LogP contribution is 2.27. The number of hydrogen-bond donors (Lipinski definition) is 2. The van der Waals surface area contributed by atoms with E-state index in [0.717, 1.165) is 16.3 Å². The Balaban J connectivity index is 1.63. The SMILES string of the molecule is O=S(=O)(CCCc1cccc2c(O)cccc12)CC(O)c1ccccc1. The first-order chi connectivity index (χ1) is 12.5. The molecule has 0 heterocycles. The zero-order valence-corrected chi connectivity index (χ0v) is 15.2. The molecule has 0 spiro atoms. The Labute approximate surface area is 153 Å². The highest BCUT2D eigenvalue weighted by atomic mass is 32.2. The minimum Gasteiger partial charge on any atom is -0.507 e. The fourth-order valence-corrected chi connectivity index (χ4v) is 4.58. The van der Waals surface area contributed by atoms with E-state index in [9.17, 15) is 18.6 Å². The molecule has 0 aliphatic carbocycles. The largest absolute Gasteiger partial charge is 0.507 e. The summed E-state index contributed by atoms with van der Waals surface area (Å²) in [6, 6.07) is 19.9. The lowest BCUT2D eigenvalue weighted by Crippen LogP contribution is -2.18. The molecule has 5 heteroatoms. The van der Waals surface area contributed by atoms with Crippen LogP contribution in [0.25, 0.3) is 10.8 Å². The number of aryl methyl sites for hydroxylation is 1. The molecule has 0 amide bonds. The van der Waals surface area contributed by atoms with Gasteiger partial charge in [0, 0.05) is 5.39 Å². The summed E-state index contributed by atoms with van der Waals surface area (Å²) in [4.78, 5) is 0. The van der Waals surface area contributed by atoms with E-state index in [-0.39, 0.29) is 17.3 Å². The van der Waals surface area contributed by atoms with Crippen LogP contribution >= 0.6 is 0 Å². The van der Waals surface area contributed by atoms with Gasteiger partial charge >= 0.3 is 0 Å². The zero-order valence-electron chi connectivity index (χ0n) is 14.4. The number of hydrogen-bond acceptors (Lipinski definition) is 4. The second-order valence-electron chi connectivity index (χ2n) is 6.43. The quantitative estimate of drug-likeness (QED) is 0.666. The van der Waals surface area contributed by atoms with Crippen LogP contribution in [0.3, 0.4) is 0 Å². The number of phenols is 1. The highest BCUT2D eigenvalue weighted by Gasteiger charge is 2.18. The van der Waals surface area contributed by atoms with Gasteiger partial charge in [-0.05, 0) is 35.4 Å². The van der Waals surface area contributed by atoms with Gasteiger partial charge in [-0.2, -0.15) is 0 Å². The molecule has 0 aliphatic heterocycles. The standard InChI is InChI=1S/C21H22O4S/c22-20-13-5-11-18-16(9-4-12-19(18)20)10-6-14-26(24,25)15-21(23)17-7-2-1-3-8-17/h1-5,7-9,11-13,21-23H,6,10,14-15H2. The zero-order chi connectivity index (χ0) is 18.6. The molecule has 0 saturated heterocycles. The van der Waals surface area contributed by atoms with Gasteiger partial charge in [0.25, 0.3) is 0 Å². The minimum atomic E-state index is -3.36. The van der Waals surface area contributed by atoms with Crippen LogP contribution in [0.4, 0.5) is 0 Å². The third kappa shape index (κ3) is 4.42. The van der Waals surface area contributed by atoms with Gasteiger partial charge in [0.05, 0.1) is 17.6 Å². The molecule has 0 fully saturated rings. The Morgan fingerprint density at radius 3 is 2.31 bits per heavy atom. The van der Waals surface area contributed by atoms with Gasteiger partial charge in [-0.1, -0.05) is 60.7 Å². The van der Waals surface area contributed by atoms with E-state index in [1.165, 1.54) is 0 Å². The molecule has 3 rings (SSSR count). The Kier molecular flexibility index (Phi) is 5.59. The maximum Gasteiger partial charge on any atom is 0.153 e. The molecule has 3 aromatic carbocycles. The predicted molar refractivity (Wildman–Crippen MR) is 104 cm³/mol. The fourth-order valence-electron chi connectivity index (χ4n) is 3.15. The first-order valence-electron chi connectivity index (χ1n) is 8.59. The van der Waals surface area contributed by atoms with E-state index >= 15 is 0 Å². The third-order valence-electron chi connectivity index (χ3n) is 4.49. The maximum atomic E-state index is 12.3. The predicted octanol–water partition coefficient (Wildman–Crippen LogP) is 3.63. The fraction of sp³-hybridized carbons (Fsp3) is 0.238. The van der Waals surface area contributed by atoms with Gasteiger partial charge in [-0.3, -0.25) is 0 Å². The monoisotopic (exact) mass is 370 g/mol. The molecule has 1 atom stereocenters. The van der Waals surface area contributed by atoms with Crippen molar-refractivity contribution in [1.29, 1.82) is 0 Å². The van der Waals surface area contributed by atoms with Crippen LogP contribution in [0.15, 0.2) is 66.7 Å². The number of benzene rings is 3. The number of fused-ring (bicyclic) bond motifs is 1. The molecule has 26 heavy (non-hydrogen) atoms. The average molecular weight is 370 g/mol. The maximum absolute atomic E-state index is 12.3. The summed E-state index contributed by atoms with van der Waals surface area (Å²) in [6.07, 6.45) is 0.0655. The van der Waals surface area contributed by atoms with Crippen molar-refractivity contribution in [2.45, 2.75) is 18.9 Å². The minimum absolute atomic E-state index is 0.0199. The van der Waals surface area contributed by atoms with E-state index < -0.39 is 15.9 Å². The van der Waals surface area contributed by atoms with Crippen molar-refractivity contribution in [3.63, 3.8) is 0 Å². The van der Waals surface area contributed by atoms with E-state index in [4.69, 9.17) is 0 Å². The summed E-state index contributed by atoms with van der Waals surface area (Å²) in [7, 11) is -3.36. The van der Waals surface area contributed by atoms with Crippen molar-refractivity contribution in [3.05, 3.63) is 77.9 Å². The Morgan fingerprint density at radius 1 is 0.846 bits per heavy atom. The number of aromatic hydroxyl groups is 1. The molecule has 2 N–H and O–H groups in total. The summed E-state index contributed by atoms with van der Waals surface area (Å²) in [5.74, 6) is -0.0256. The summed E-state index contributed by atoms with van der Waals surface area (Å²) < 4.78 is 24.6. The molecular weight excluding hydrogens is 348 g/mol. The molecule has 136 valence electrons. The summed E-state index contributed by atoms with van der Waals surface area (Å²) in [5.41, 5.74) is 1.62. The molecule has 4 nitrogen and oxygen atoms in total. The van der Waals surface area contributed by atoms with Gasteiger partial charge in [-0.25, -0.2) is 8.42 Å². The van der Waals surface area contributed by atoms with Crippen molar-refractivity contribution >= 4 is 20.6 Å². The first kappa shape index (κ1) is 18.4. The van der Waals surface area contributed by atoms with Gasteiger partial charge in [-0.15, -0.1) is 0 Å². The number of aliphatic hydroxyl groups excluding tert-OH is 1. The van der Waals surface area contributed by atoms with Crippen molar-refractivity contribution in [2.24, 2.45) is 0 Å². The smallest absolute Gasteiger partial charge is 0.153 e. The van der Waals surface area contributed by atoms with Crippen LogP contribution in [-0.2, 0) is 16.3 Å². The van der Waals surface area contributed by atoms with Crippen LogP contribution < -0.4 is 0 Å². The van der Waals surface area contributed by atoms with Crippen LogP contribution in [0.1, 0.15) is 23.7 Å². The lowest BCUT2D eigenvalue weighted by atomic mass is 10.0. The second kappa shape index (κ2) is 7.89. The van der Waals surface area contributed by atoms with Crippen LogP contribution in [-0.4, -0.2) is 30.1 Å². The Hall–Kier alpha value is -2.37. The third-order valence-corrected chi connectivity index (χ3v) is 6.22. The Bertz CT molecular complexity index is 981. The van der Waals surface area contributed by atoms with E-state index in [0.29, 0.717) is 18.4 Å². The molecule has 0 radical (unpaired) electrons. The summed E-state index contributed by atoms with van der Waals surface area (Å²) >= 11 is 0. The number of phenolic OH excluding ortho intramolecular Hbond substituents is 1. The second-order valence-corrected chi connectivity index (χ2v) is 8.66. The lowest BCUT2D eigenvalue weighted by molar-refractivity contribution is 0.201. The van der Waals surface area contributed by atoms with Crippen LogP contribution in [0.5, 0.6) is 5.75 Å². The molecule has 3 aromatic rings. The van der Waals surface area contributed by atoms with Crippen molar-refractivity contribution < 1.29 is 18.6 Å². The molecule has 0 aliphatic rings. The van der Waals surface area contributed by atoms with Crippen molar-refractivity contribution in [2.75, 3.05) is 11.5 Å². The van der Waals surface area contributed by atoms with Crippen LogP contribution in [0.2, 0.25) is 0 Å². The molecule has 0 saturated carbocycles. The lowest BCUT2D eigenvalue weighted by Gasteiger charge is -2.12. The van der Waals surface area contributed by atoms with Crippen molar-refractivity contribution in [1.82, 2.24) is 0 Å². The average Bonchev–Trinajstić information content (AvgIpc) is 2.63. The van der Waals surface area contributed by atoms with E-state index in [1.54, 1.807) is 36.4 Å². The molecule has 0 aromatic heterocycles. The molecule has 0 bridgehead atoms. The van der Waals surface area contributed by atoms with Gasteiger partial charge < -0.3 is 10.2 Å².